The molecule has 0 bridgehead atoms. The standard InChI is InChI=1S/C16H24N2O5S/c1-5-10(3)14(16(20)21)18-15(19)13-9-12(8-7-11(13)4)24(22,23)17-6-2/h7-10,14,17H,5-6H2,1-4H3,(H,18,19)(H,20,21). The van der Waals surface area contributed by atoms with Crippen molar-refractivity contribution in [3.8, 4) is 0 Å². The number of hydrogen-bond acceptors (Lipinski definition) is 4. The second kappa shape index (κ2) is 8.25. The minimum Gasteiger partial charge on any atom is -0.480 e. The molecule has 2 unspecified atom stereocenters. The van der Waals surface area contributed by atoms with Gasteiger partial charge in [0.25, 0.3) is 5.91 Å². The molecule has 1 amide bonds. The molecule has 1 aromatic carbocycles. The quantitative estimate of drug-likeness (QED) is 0.654. The number of nitrogens with one attached hydrogen (secondary N) is 2. The molecule has 7 nitrogen and oxygen atoms in total. The first-order chi connectivity index (χ1) is 11.1. The van der Waals surface area contributed by atoms with E-state index in [9.17, 15) is 23.1 Å². The number of carbonyl (C=O) groups excluding carboxylic acids is 1. The summed E-state index contributed by atoms with van der Waals surface area (Å²) in [4.78, 5) is 23.8. The molecule has 0 spiro atoms. The third kappa shape index (κ3) is 4.78. The highest BCUT2D eigenvalue weighted by atomic mass is 32.2. The van der Waals surface area contributed by atoms with Crippen molar-refractivity contribution in [2.24, 2.45) is 5.92 Å². The number of hydrogen-bond donors (Lipinski definition) is 3. The van der Waals surface area contributed by atoms with Crippen LogP contribution in [0.5, 0.6) is 0 Å². The Morgan fingerprint density at radius 3 is 2.38 bits per heavy atom. The van der Waals surface area contributed by atoms with Gasteiger partial charge in [-0.05, 0) is 30.5 Å². The van der Waals surface area contributed by atoms with Crippen LogP contribution in [0.3, 0.4) is 0 Å². The Labute approximate surface area is 142 Å². The zero-order chi connectivity index (χ0) is 18.5. The van der Waals surface area contributed by atoms with Gasteiger partial charge in [0.2, 0.25) is 10.0 Å². The summed E-state index contributed by atoms with van der Waals surface area (Å²) in [7, 11) is -3.70. The van der Waals surface area contributed by atoms with Gasteiger partial charge in [-0.3, -0.25) is 4.79 Å². The van der Waals surface area contributed by atoms with E-state index in [-0.39, 0.29) is 22.9 Å². The van der Waals surface area contributed by atoms with Crippen molar-refractivity contribution in [2.75, 3.05) is 6.54 Å². The van der Waals surface area contributed by atoms with Gasteiger partial charge >= 0.3 is 5.97 Å². The Bertz CT molecular complexity index is 715. The maximum atomic E-state index is 12.4. The Morgan fingerprint density at radius 1 is 1.25 bits per heavy atom. The number of sulfonamides is 1. The molecule has 0 aliphatic heterocycles. The van der Waals surface area contributed by atoms with Gasteiger partial charge in [-0.2, -0.15) is 0 Å². The van der Waals surface area contributed by atoms with Crippen molar-refractivity contribution in [2.45, 2.75) is 45.1 Å². The number of aliphatic carboxylic acids is 1. The van der Waals surface area contributed by atoms with Crippen LogP contribution in [0.2, 0.25) is 0 Å². The molecule has 1 aromatic rings. The summed E-state index contributed by atoms with van der Waals surface area (Å²) >= 11 is 0. The maximum Gasteiger partial charge on any atom is 0.326 e. The molecule has 0 aliphatic rings. The molecule has 24 heavy (non-hydrogen) atoms. The van der Waals surface area contributed by atoms with E-state index in [4.69, 9.17) is 0 Å². The molecule has 0 saturated carbocycles. The van der Waals surface area contributed by atoms with Crippen LogP contribution in [-0.2, 0) is 14.8 Å². The second-order valence-corrected chi connectivity index (χ2v) is 7.42. The van der Waals surface area contributed by atoms with Crippen LogP contribution >= 0.6 is 0 Å². The van der Waals surface area contributed by atoms with Gasteiger partial charge < -0.3 is 10.4 Å². The normalized spacial score (nSPS) is 14.0. The van der Waals surface area contributed by atoms with Crippen LogP contribution in [0.15, 0.2) is 23.1 Å². The molecule has 8 heteroatoms. The van der Waals surface area contributed by atoms with E-state index in [0.29, 0.717) is 12.0 Å². The van der Waals surface area contributed by atoms with E-state index >= 15 is 0 Å². The summed E-state index contributed by atoms with van der Waals surface area (Å²) in [5.41, 5.74) is 0.708. The second-order valence-electron chi connectivity index (χ2n) is 5.65. The number of benzene rings is 1. The smallest absolute Gasteiger partial charge is 0.326 e. The van der Waals surface area contributed by atoms with Crippen molar-refractivity contribution in [3.05, 3.63) is 29.3 Å². The van der Waals surface area contributed by atoms with Gasteiger partial charge in [0.1, 0.15) is 6.04 Å². The van der Waals surface area contributed by atoms with Crippen LogP contribution in [-0.4, -0.2) is 38.0 Å². The number of amides is 1. The van der Waals surface area contributed by atoms with E-state index in [0.717, 1.165) is 0 Å². The predicted octanol–water partition coefficient (Wildman–Crippen LogP) is 1.52. The highest BCUT2D eigenvalue weighted by molar-refractivity contribution is 7.89. The van der Waals surface area contributed by atoms with Gasteiger partial charge in [0, 0.05) is 12.1 Å². The molecule has 0 saturated heterocycles. The molecule has 0 fully saturated rings. The monoisotopic (exact) mass is 356 g/mol. The molecule has 3 N–H and O–H groups in total. The molecule has 2 atom stereocenters. The van der Waals surface area contributed by atoms with E-state index < -0.39 is 27.9 Å². The van der Waals surface area contributed by atoms with E-state index in [1.54, 1.807) is 20.8 Å². The van der Waals surface area contributed by atoms with Crippen LogP contribution in [0.1, 0.15) is 43.1 Å². The first-order valence-electron chi connectivity index (χ1n) is 7.78. The number of aryl methyl sites for hydroxylation is 1. The zero-order valence-corrected chi connectivity index (χ0v) is 15.1. The van der Waals surface area contributed by atoms with E-state index in [2.05, 4.69) is 10.0 Å². The third-order valence-corrected chi connectivity index (χ3v) is 5.41. The zero-order valence-electron chi connectivity index (χ0n) is 14.3. The number of carboxylic acids is 1. The molecule has 0 heterocycles. The molecule has 1 rings (SSSR count). The van der Waals surface area contributed by atoms with Crippen LogP contribution in [0.25, 0.3) is 0 Å². The van der Waals surface area contributed by atoms with Gasteiger partial charge in [0.05, 0.1) is 4.90 Å². The fourth-order valence-electron chi connectivity index (χ4n) is 2.19. The predicted molar refractivity (Wildman–Crippen MR) is 90.4 cm³/mol. The number of rotatable bonds is 8. The first-order valence-corrected chi connectivity index (χ1v) is 9.26. The lowest BCUT2D eigenvalue weighted by molar-refractivity contribution is -0.140. The van der Waals surface area contributed by atoms with E-state index in [1.807, 2.05) is 6.92 Å². The molecule has 134 valence electrons. The lowest BCUT2D eigenvalue weighted by Gasteiger charge is -2.20. The van der Waals surface area contributed by atoms with Gasteiger partial charge in [-0.25, -0.2) is 17.9 Å². The van der Waals surface area contributed by atoms with Gasteiger partial charge in [-0.15, -0.1) is 0 Å². The Hall–Kier alpha value is -1.93. The van der Waals surface area contributed by atoms with Crippen molar-refractivity contribution < 1.29 is 23.1 Å². The summed E-state index contributed by atoms with van der Waals surface area (Å²) in [6.07, 6.45) is 0.588. The maximum absolute atomic E-state index is 12.4. The molecular weight excluding hydrogens is 332 g/mol. The van der Waals surface area contributed by atoms with Crippen molar-refractivity contribution >= 4 is 21.9 Å². The summed E-state index contributed by atoms with van der Waals surface area (Å²) in [5.74, 6) is -1.97. The number of carboxylic acid groups (broad SMARTS) is 1. The summed E-state index contributed by atoms with van der Waals surface area (Å²) in [5, 5.41) is 11.8. The molecular formula is C16H24N2O5S. The SMILES string of the molecule is CCNS(=O)(=O)c1ccc(C)c(C(=O)NC(C(=O)O)C(C)CC)c1. The highest BCUT2D eigenvalue weighted by Gasteiger charge is 2.27. The Kier molecular flexibility index (Phi) is 6.92. The lowest BCUT2D eigenvalue weighted by Crippen LogP contribution is -2.45. The van der Waals surface area contributed by atoms with Gasteiger partial charge in [-0.1, -0.05) is 33.3 Å². The summed E-state index contributed by atoms with van der Waals surface area (Å²) < 4.78 is 26.5. The fraction of sp³-hybridized carbons (Fsp3) is 0.500. The van der Waals surface area contributed by atoms with Crippen molar-refractivity contribution in [3.63, 3.8) is 0 Å². The van der Waals surface area contributed by atoms with Gasteiger partial charge in [0.15, 0.2) is 0 Å². The Balaban J connectivity index is 3.17. The lowest BCUT2D eigenvalue weighted by atomic mass is 9.98. The van der Waals surface area contributed by atoms with E-state index in [1.165, 1.54) is 18.2 Å². The van der Waals surface area contributed by atoms with Crippen LogP contribution < -0.4 is 10.0 Å². The average molecular weight is 356 g/mol. The van der Waals surface area contributed by atoms with Crippen molar-refractivity contribution in [1.29, 1.82) is 0 Å². The topological polar surface area (TPSA) is 113 Å². The first kappa shape index (κ1) is 20.1. The molecule has 0 aromatic heterocycles. The van der Waals surface area contributed by atoms with Crippen molar-refractivity contribution in [1.82, 2.24) is 10.0 Å². The highest BCUT2D eigenvalue weighted by Crippen LogP contribution is 2.17. The fourth-order valence-corrected chi connectivity index (χ4v) is 3.26. The Morgan fingerprint density at radius 2 is 1.88 bits per heavy atom. The largest absolute Gasteiger partial charge is 0.480 e. The minimum atomic E-state index is -3.70. The summed E-state index contributed by atoms with van der Waals surface area (Å²) in [6.45, 7) is 7.12. The van der Waals surface area contributed by atoms with Crippen LogP contribution in [0.4, 0.5) is 0 Å². The average Bonchev–Trinajstić information content (AvgIpc) is 2.51. The third-order valence-electron chi connectivity index (χ3n) is 3.86. The number of carbonyl (C=O) groups is 2. The minimum absolute atomic E-state index is 0.0319. The summed E-state index contributed by atoms with van der Waals surface area (Å²) in [6, 6.07) is 3.17. The molecule has 0 aliphatic carbocycles. The van der Waals surface area contributed by atoms with Crippen LogP contribution in [0, 0.1) is 12.8 Å². The molecule has 0 radical (unpaired) electrons.